The van der Waals surface area contributed by atoms with Gasteiger partial charge in [-0.05, 0) is 91.7 Å². The number of nitrogens with zero attached hydrogens (tertiary/aromatic N) is 1. The second kappa shape index (κ2) is 6.81. The van der Waals surface area contributed by atoms with E-state index in [1.54, 1.807) is 11.1 Å². The second-order valence-electron chi connectivity index (χ2n) is 11.1. The van der Waals surface area contributed by atoms with Crippen LogP contribution in [0.15, 0.2) is 47.1 Å². The Morgan fingerprint density at radius 3 is 2.52 bits per heavy atom. The molecular weight excluding hydrogens is 382 g/mol. The highest BCUT2D eigenvalue weighted by molar-refractivity contribution is 5.93. The van der Waals surface area contributed by atoms with E-state index in [0.717, 1.165) is 31.8 Å². The molecule has 6 rings (SSSR count). The summed E-state index contributed by atoms with van der Waals surface area (Å²) < 4.78 is 6.61. The van der Waals surface area contributed by atoms with Crippen LogP contribution >= 0.6 is 0 Å². The molecule has 0 amide bonds. The van der Waals surface area contributed by atoms with Gasteiger partial charge in [-0.1, -0.05) is 24.6 Å². The van der Waals surface area contributed by atoms with E-state index in [9.17, 15) is 4.79 Å². The lowest BCUT2D eigenvalue weighted by Crippen LogP contribution is -2.61. The van der Waals surface area contributed by atoms with Gasteiger partial charge in [0.15, 0.2) is 5.78 Å². The SMILES string of the molecule is CN(C)c1ccc(C2COC23CC[C@H]2[C@@H]4CCC5=CC(=O)CCC5=C4CC[C@@]23C)cc1. The highest BCUT2D eigenvalue weighted by Crippen LogP contribution is 2.70. The normalized spacial score (nSPS) is 38.9. The van der Waals surface area contributed by atoms with Crippen LogP contribution < -0.4 is 4.90 Å². The predicted octanol–water partition coefficient (Wildman–Crippen LogP) is 5.81. The lowest BCUT2D eigenvalue weighted by atomic mass is 9.52. The standard InChI is InChI=1S/C28H35NO2/c1-27-14-12-23-22-11-9-21(30)16-19(22)6-10-24(23)25(27)13-15-28(27)26(17-31-28)18-4-7-20(8-5-18)29(2)3/h4-5,7-8,16,24-26H,6,9-15,17H2,1-3H3/t24-,25+,26?,27+,28?/m1/s1. The van der Waals surface area contributed by atoms with Crippen molar-refractivity contribution in [3.05, 3.63) is 52.6 Å². The first kappa shape index (κ1) is 19.8. The molecule has 1 spiro atoms. The number of ketones is 1. The molecule has 3 nitrogen and oxygen atoms in total. The summed E-state index contributed by atoms with van der Waals surface area (Å²) in [5.74, 6) is 2.30. The highest BCUT2D eigenvalue weighted by atomic mass is 16.5. The van der Waals surface area contributed by atoms with Crippen LogP contribution in [0.3, 0.4) is 0 Å². The van der Waals surface area contributed by atoms with Gasteiger partial charge >= 0.3 is 0 Å². The zero-order valence-electron chi connectivity index (χ0n) is 19.2. The van der Waals surface area contributed by atoms with E-state index < -0.39 is 0 Å². The Bertz CT molecular complexity index is 987. The average Bonchev–Trinajstić information content (AvgIpc) is 3.08. The number of carbonyl (C=O) groups excluding carboxylic acids is 1. The third-order valence-electron chi connectivity index (χ3n) is 9.80. The van der Waals surface area contributed by atoms with E-state index in [1.807, 2.05) is 6.08 Å². The molecule has 5 aliphatic rings. The molecule has 2 saturated carbocycles. The Kier molecular flexibility index (Phi) is 4.35. The van der Waals surface area contributed by atoms with Crippen molar-refractivity contribution in [2.45, 2.75) is 69.8 Å². The molecule has 2 unspecified atom stereocenters. The van der Waals surface area contributed by atoms with E-state index in [0.29, 0.717) is 17.6 Å². The quantitative estimate of drug-likeness (QED) is 0.608. The number of allylic oxidation sites excluding steroid dienone is 4. The second-order valence-corrected chi connectivity index (χ2v) is 11.1. The Hall–Kier alpha value is -1.87. The number of ether oxygens (including phenoxy) is 1. The minimum absolute atomic E-state index is 0.0200. The number of hydrogen-bond donors (Lipinski definition) is 0. The number of benzene rings is 1. The molecule has 1 heterocycles. The number of hydrogen-bond acceptors (Lipinski definition) is 3. The van der Waals surface area contributed by atoms with Crippen LogP contribution in [0, 0.1) is 17.3 Å². The van der Waals surface area contributed by atoms with Gasteiger partial charge in [0.2, 0.25) is 0 Å². The van der Waals surface area contributed by atoms with E-state index in [4.69, 9.17) is 4.74 Å². The first-order valence-electron chi connectivity index (χ1n) is 12.3. The lowest BCUT2D eigenvalue weighted by Gasteiger charge is -2.60. The van der Waals surface area contributed by atoms with Crippen LogP contribution in [0.5, 0.6) is 0 Å². The largest absolute Gasteiger partial charge is 0.378 e. The monoisotopic (exact) mass is 417 g/mol. The van der Waals surface area contributed by atoms with Crippen molar-refractivity contribution in [1.82, 2.24) is 0 Å². The molecule has 5 atom stereocenters. The summed E-state index contributed by atoms with van der Waals surface area (Å²) in [6, 6.07) is 9.21. The topological polar surface area (TPSA) is 29.5 Å². The number of fused-ring (bicyclic) bond motifs is 5. The van der Waals surface area contributed by atoms with Gasteiger partial charge in [0.1, 0.15) is 0 Å². The zero-order valence-corrected chi connectivity index (χ0v) is 19.2. The third kappa shape index (κ3) is 2.65. The smallest absolute Gasteiger partial charge is 0.156 e. The molecule has 1 aromatic rings. The molecular formula is C28H35NO2. The van der Waals surface area contributed by atoms with Crippen LogP contribution in [0.2, 0.25) is 0 Å². The van der Waals surface area contributed by atoms with Gasteiger partial charge in [-0.2, -0.15) is 0 Å². The fourth-order valence-electron chi connectivity index (χ4n) is 8.11. The van der Waals surface area contributed by atoms with Crippen molar-refractivity contribution >= 4 is 11.5 Å². The number of carbonyl (C=O) groups is 1. The van der Waals surface area contributed by atoms with Crippen molar-refractivity contribution < 1.29 is 9.53 Å². The van der Waals surface area contributed by atoms with Gasteiger partial charge in [-0.15, -0.1) is 0 Å². The first-order chi connectivity index (χ1) is 14.9. The predicted molar refractivity (Wildman–Crippen MR) is 124 cm³/mol. The van der Waals surface area contributed by atoms with Gasteiger partial charge in [0.25, 0.3) is 0 Å². The van der Waals surface area contributed by atoms with Gasteiger partial charge in [-0.3, -0.25) is 4.79 Å². The summed E-state index contributed by atoms with van der Waals surface area (Å²) in [7, 11) is 4.21. The molecule has 1 aromatic carbocycles. The molecule has 31 heavy (non-hydrogen) atoms. The first-order valence-corrected chi connectivity index (χ1v) is 12.3. The van der Waals surface area contributed by atoms with Crippen LogP contribution in [0.4, 0.5) is 5.69 Å². The summed E-state index contributed by atoms with van der Waals surface area (Å²) in [4.78, 5) is 14.1. The van der Waals surface area contributed by atoms with Crippen molar-refractivity contribution in [2.24, 2.45) is 17.3 Å². The molecule has 0 aromatic heterocycles. The molecule has 0 bridgehead atoms. The van der Waals surface area contributed by atoms with Gasteiger partial charge in [0, 0.05) is 37.5 Å². The average molecular weight is 418 g/mol. The Labute approximate surface area is 186 Å². The van der Waals surface area contributed by atoms with Crippen molar-refractivity contribution in [2.75, 3.05) is 25.6 Å². The molecule has 0 N–H and O–H groups in total. The van der Waals surface area contributed by atoms with E-state index >= 15 is 0 Å². The number of rotatable bonds is 2. The van der Waals surface area contributed by atoms with Crippen molar-refractivity contribution in [3.8, 4) is 0 Å². The fourth-order valence-corrected chi connectivity index (χ4v) is 8.11. The van der Waals surface area contributed by atoms with Gasteiger partial charge in [0.05, 0.1) is 12.2 Å². The Balaban J connectivity index is 1.32. The molecule has 0 radical (unpaired) electrons. The molecule has 1 aliphatic heterocycles. The van der Waals surface area contributed by atoms with E-state index in [1.165, 1.54) is 48.9 Å². The lowest BCUT2D eigenvalue weighted by molar-refractivity contribution is -0.235. The summed E-state index contributed by atoms with van der Waals surface area (Å²) in [5.41, 5.74) is 7.67. The molecule has 4 aliphatic carbocycles. The molecule has 3 fully saturated rings. The van der Waals surface area contributed by atoms with Crippen LogP contribution in [-0.4, -0.2) is 32.1 Å². The summed E-state index contributed by atoms with van der Waals surface area (Å²) in [6.45, 7) is 3.43. The maximum absolute atomic E-state index is 12.0. The van der Waals surface area contributed by atoms with Crippen LogP contribution in [0.1, 0.15) is 69.8 Å². The van der Waals surface area contributed by atoms with E-state index in [-0.39, 0.29) is 11.0 Å². The molecule has 3 heteroatoms. The van der Waals surface area contributed by atoms with Crippen molar-refractivity contribution in [1.29, 1.82) is 0 Å². The maximum Gasteiger partial charge on any atom is 0.156 e. The van der Waals surface area contributed by atoms with Crippen molar-refractivity contribution in [3.63, 3.8) is 0 Å². The Morgan fingerprint density at radius 1 is 1.00 bits per heavy atom. The zero-order chi connectivity index (χ0) is 21.4. The van der Waals surface area contributed by atoms with Gasteiger partial charge < -0.3 is 9.64 Å². The summed E-state index contributed by atoms with van der Waals surface area (Å²) in [6.07, 6.45) is 10.9. The van der Waals surface area contributed by atoms with Crippen LogP contribution in [-0.2, 0) is 9.53 Å². The van der Waals surface area contributed by atoms with Gasteiger partial charge in [-0.25, -0.2) is 0 Å². The summed E-state index contributed by atoms with van der Waals surface area (Å²) in [5, 5.41) is 0. The third-order valence-corrected chi connectivity index (χ3v) is 9.80. The molecule has 1 saturated heterocycles. The maximum atomic E-state index is 12.0. The van der Waals surface area contributed by atoms with Crippen LogP contribution in [0.25, 0.3) is 0 Å². The fraction of sp³-hybridized carbons (Fsp3) is 0.607. The molecule has 164 valence electrons. The minimum atomic E-state index is 0.0200. The highest BCUT2D eigenvalue weighted by Gasteiger charge is 2.68. The number of anilines is 1. The van der Waals surface area contributed by atoms with E-state index in [2.05, 4.69) is 50.2 Å². The summed E-state index contributed by atoms with van der Waals surface area (Å²) >= 11 is 0. The Morgan fingerprint density at radius 2 is 1.81 bits per heavy atom. The minimum Gasteiger partial charge on any atom is -0.378 e.